The number of aromatic nitrogens is 1. The third-order valence-electron chi connectivity index (χ3n) is 1.81. The van der Waals surface area contributed by atoms with E-state index in [2.05, 4.69) is 36.8 Å². The molecule has 2 rings (SSSR count). The van der Waals surface area contributed by atoms with Crippen LogP contribution in [0.4, 0.5) is 0 Å². The molecular formula is C11H6Br2ClNO. The van der Waals surface area contributed by atoms with Crippen molar-refractivity contribution in [1.82, 2.24) is 4.98 Å². The number of benzene rings is 1. The second-order valence-electron chi connectivity index (χ2n) is 2.99. The molecule has 0 aliphatic carbocycles. The first-order valence-corrected chi connectivity index (χ1v) is 6.36. The molecule has 0 spiro atoms. The van der Waals surface area contributed by atoms with Crippen LogP contribution in [0.25, 0.3) is 0 Å². The van der Waals surface area contributed by atoms with Gasteiger partial charge in [0.05, 0.1) is 9.50 Å². The number of hydrogen-bond acceptors (Lipinski definition) is 2. The zero-order valence-electron chi connectivity index (χ0n) is 7.95. The topological polar surface area (TPSA) is 22.1 Å². The van der Waals surface area contributed by atoms with Crippen LogP contribution in [-0.2, 0) is 0 Å². The molecule has 0 fully saturated rings. The molecule has 0 saturated heterocycles. The molecular weight excluding hydrogens is 357 g/mol. The van der Waals surface area contributed by atoms with Crippen LogP contribution < -0.4 is 4.74 Å². The molecule has 5 heteroatoms. The Morgan fingerprint density at radius 1 is 1.12 bits per heavy atom. The average Bonchev–Trinajstić information content (AvgIpc) is 2.25. The van der Waals surface area contributed by atoms with Crippen LogP contribution in [0.1, 0.15) is 0 Å². The average molecular weight is 363 g/mol. The minimum absolute atomic E-state index is 0.507. The van der Waals surface area contributed by atoms with Crippen LogP contribution >= 0.6 is 43.5 Å². The van der Waals surface area contributed by atoms with Crippen molar-refractivity contribution in [3.8, 4) is 11.6 Å². The molecule has 2 nitrogen and oxygen atoms in total. The molecule has 0 atom stereocenters. The summed E-state index contributed by atoms with van der Waals surface area (Å²) in [4.78, 5) is 4.05. The fraction of sp³-hybridized carbons (Fsp3) is 0. The van der Waals surface area contributed by atoms with Gasteiger partial charge in [-0.25, -0.2) is 4.98 Å². The van der Waals surface area contributed by atoms with Crippen molar-refractivity contribution >= 4 is 43.5 Å². The zero-order valence-corrected chi connectivity index (χ0v) is 11.9. The van der Waals surface area contributed by atoms with Crippen LogP contribution in [0.2, 0.25) is 5.02 Å². The Labute approximate surface area is 115 Å². The number of pyridine rings is 1. The van der Waals surface area contributed by atoms with E-state index in [1.165, 1.54) is 0 Å². The number of ether oxygens (including phenoxy) is 1. The first kappa shape index (κ1) is 11.9. The fourth-order valence-electron chi connectivity index (χ4n) is 1.09. The highest BCUT2D eigenvalue weighted by molar-refractivity contribution is 9.11. The predicted octanol–water partition coefficient (Wildman–Crippen LogP) is 5.05. The van der Waals surface area contributed by atoms with Crippen LogP contribution in [0, 0.1) is 0 Å². The Bertz CT molecular complexity index is 502. The van der Waals surface area contributed by atoms with Crippen molar-refractivity contribution in [3.63, 3.8) is 0 Å². The molecule has 0 bridgehead atoms. The van der Waals surface area contributed by atoms with E-state index in [1.807, 2.05) is 18.2 Å². The molecule has 0 aliphatic rings. The van der Waals surface area contributed by atoms with E-state index in [4.69, 9.17) is 16.3 Å². The summed E-state index contributed by atoms with van der Waals surface area (Å²) in [7, 11) is 0. The van der Waals surface area contributed by atoms with E-state index in [0.29, 0.717) is 16.7 Å². The minimum Gasteiger partial charge on any atom is -0.438 e. The molecule has 16 heavy (non-hydrogen) atoms. The van der Waals surface area contributed by atoms with Crippen molar-refractivity contribution in [2.24, 2.45) is 0 Å². The Balaban J connectivity index is 2.23. The summed E-state index contributed by atoms with van der Waals surface area (Å²) in [5.74, 6) is 1.21. The van der Waals surface area contributed by atoms with Gasteiger partial charge in [-0.15, -0.1) is 0 Å². The molecule has 0 N–H and O–H groups in total. The standard InChI is InChI=1S/C11H6Br2ClNO/c12-7-1-3-10(9(13)5-7)16-11-4-2-8(14)6-15-11/h1-6H. The lowest BCUT2D eigenvalue weighted by Gasteiger charge is -2.06. The van der Waals surface area contributed by atoms with E-state index in [0.717, 1.165) is 8.95 Å². The summed E-state index contributed by atoms with van der Waals surface area (Å²) in [5.41, 5.74) is 0. The summed E-state index contributed by atoms with van der Waals surface area (Å²) < 4.78 is 7.42. The molecule has 0 radical (unpaired) electrons. The van der Waals surface area contributed by atoms with E-state index >= 15 is 0 Å². The van der Waals surface area contributed by atoms with E-state index in [-0.39, 0.29) is 0 Å². The van der Waals surface area contributed by atoms with Gasteiger partial charge < -0.3 is 4.74 Å². The molecule has 0 amide bonds. The van der Waals surface area contributed by atoms with E-state index in [9.17, 15) is 0 Å². The third-order valence-corrected chi connectivity index (χ3v) is 3.15. The summed E-state index contributed by atoms with van der Waals surface area (Å²) >= 11 is 12.5. The second kappa shape index (κ2) is 5.17. The molecule has 1 aromatic heterocycles. The molecule has 1 heterocycles. The van der Waals surface area contributed by atoms with Crippen molar-refractivity contribution in [2.45, 2.75) is 0 Å². The fourth-order valence-corrected chi connectivity index (χ4v) is 2.33. The lowest BCUT2D eigenvalue weighted by Crippen LogP contribution is -1.88. The van der Waals surface area contributed by atoms with Crippen molar-refractivity contribution < 1.29 is 4.74 Å². The van der Waals surface area contributed by atoms with Crippen molar-refractivity contribution in [3.05, 3.63) is 50.5 Å². The summed E-state index contributed by atoms with van der Waals surface area (Å²) in [6.07, 6.45) is 1.55. The number of nitrogens with zero attached hydrogens (tertiary/aromatic N) is 1. The third kappa shape index (κ3) is 2.97. The number of rotatable bonds is 2. The van der Waals surface area contributed by atoms with Gasteiger partial charge in [0.15, 0.2) is 0 Å². The first-order valence-electron chi connectivity index (χ1n) is 4.39. The van der Waals surface area contributed by atoms with Gasteiger partial charge in [0.2, 0.25) is 5.88 Å². The lowest BCUT2D eigenvalue weighted by atomic mass is 10.3. The first-order chi connectivity index (χ1) is 7.65. The van der Waals surface area contributed by atoms with Gasteiger partial charge in [-0.1, -0.05) is 27.5 Å². The summed E-state index contributed by atoms with van der Waals surface area (Å²) in [6.45, 7) is 0. The SMILES string of the molecule is Clc1ccc(Oc2ccc(Br)cc2Br)nc1. The van der Waals surface area contributed by atoms with Crippen LogP contribution in [0.3, 0.4) is 0 Å². The molecule has 0 aliphatic heterocycles. The Morgan fingerprint density at radius 2 is 1.94 bits per heavy atom. The van der Waals surface area contributed by atoms with Crippen LogP contribution in [0.5, 0.6) is 11.6 Å². The predicted molar refractivity (Wildman–Crippen MR) is 71.2 cm³/mol. The number of hydrogen-bond donors (Lipinski definition) is 0. The normalized spacial score (nSPS) is 10.2. The van der Waals surface area contributed by atoms with Crippen molar-refractivity contribution in [2.75, 3.05) is 0 Å². The smallest absolute Gasteiger partial charge is 0.219 e. The van der Waals surface area contributed by atoms with Gasteiger partial charge in [0.1, 0.15) is 5.75 Å². The maximum absolute atomic E-state index is 5.73. The maximum atomic E-state index is 5.73. The Hall–Kier alpha value is -0.580. The monoisotopic (exact) mass is 361 g/mol. The zero-order chi connectivity index (χ0) is 11.5. The second-order valence-corrected chi connectivity index (χ2v) is 5.20. The van der Waals surface area contributed by atoms with Gasteiger partial charge in [-0.2, -0.15) is 0 Å². The van der Waals surface area contributed by atoms with Gasteiger partial charge in [-0.05, 0) is 40.2 Å². The Morgan fingerprint density at radius 3 is 2.56 bits per heavy atom. The molecule has 2 aromatic rings. The lowest BCUT2D eigenvalue weighted by molar-refractivity contribution is 0.460. The summed E-state index contributed by atoms with van der Waals surface area (Å²) in [6, 6.07) is 9.11. The van der Waals surface area contributed by atoms with Gasteiger partial charge in [-0.3, -0.25) is 0 Å². The highest BCUT2D eigenvalue weighted by Crippen LogP contribution is 2.31. The largest absolute Gasteiger partial charge is 0.438 e. The Kier molecular flexibility index (Phi) is 3.84. The maximum Gasteiger partial charge on any atom is 0.219 e. The minimum atomic E-state index is 0.507. The quantitative estimate of drug-likeness (QED) is 0.745. The number of halogens is 3. The highest BCUT2D eigenvalue weighted by atomic mass is 79.9. The van der Waals surface area contributed by atoms with Crippen LogP contribution in [-0.4, -0.2) is 4.98 Å². The van der Waals surface area contributed by atoms with Crippen molar-refractivity contribution in [1.29, 1.82) is 0 Å². The highest BCUT2D eigenvalue weighted by Gasteiger charge is 2.03. The summed E-state index contributed by atoms with van der Waals surface area (Å²) in [5, 5.41) is 0.585. The van der Waals surface area contributed by atoms with E-state index in [1.54, 1.807) is 18.3 Å². The van der Waals surface area contributed by atoms with Gasteiger partial charge >= 0.3 is 0 Å². The molecule has 0 saturated carbocycles. The molecule has 1 aromatic carbocycles. The van der Waals surface area contributed by atoms with Crippen LogP contribution in [0.15, 0.2) is 45.5 Å². The van der Waals surface area contributed by atoms with Gasteiger partial charge in [0, 0.05) is 16.7 Å². The van der Waals surface area contributed by atoms with Gasteiger partial charge in [0.25, 0.3) is 0 Å². The van der Waals surface area contributed by atoms with E-state index < -0.39 is 0 Å². The molecule has 0 unspecified atom stereocenters. The molecule has 82 valence electrons.